The second-order valence-corrected chi connectivity index (χ2v) is 5.14. The van der Waals surface area contributed by atoms with Gasteiger partial charge in [-0.1, -0.05) is 18.2 Å². The van der Waals surface area contributed by atoms with E-state index >= 15 is 0 Å². The average molecular weight is 338 g/mol. The topological polar surface area (TPSA) is 24.9 Å². The molecule has 3 heteroatoms. The van der Waals surface area contributed by atoms with E-state index in [1.807, 2.05) is 19.4 Å². The lowest BCUT2D eigenvalue weighted by atomic mass is 9.97. The van der Waals surface area contributed by atoms with E-state index < -0.39 is 0 Å². The molecule has 0 aliphatic carbocycles. The molecule has 0 aliphatic heterocycles. The fourth-order valence-corrected chi connectivity index (χ4v) is 2.66. The minimum absolute atomic E-state index is 0.205. The maximum absolute atomic E-state index is 4.23. The number of hydrogen-bond donors (Lipinski definition) is 1. The summed E-state index contributed by atoms with van der Waals surface area (Å²) >= 11 is 2.38. The van der Waals surface area contributed by atoms with Crippen molar-refractivity contribution in [3.63, 3.8) is 0 Å². The smallest absolute Gasteiger partial charge is 0.0602 e. The molecular weight excluding hydrogens is 323 g/mol. The minimum atomic E-state index is 0.205. The maximum atomic E-state index is 4.23. The fourth-order valence-electron chi connectivity index (χ4n) is 1.97. The van der Waals surface area contributed by atoms with Gasteiger partial charge >= 0.3 is 0 Å². The van der Waals surface area contributed by atoms with Crippen LogP contribution in [0.2, 0.25) is 0 Å². The summed E-state index contributed by atoms with van der Waals surface area (Å²) in [6.07, 6.45) is 3.78. The number of rotatable bonds is 3. The van der Waals surface area contributed by atoms with Crippen molar-refractivity contribution in [2.75, 3.05) is 7.05 Å². The van der Waals surface area contributed by atoms with Gasteiger partial charge in [0.15, 0.2) is 0 Å². The third-order valence-corrected chi connectivity index (χ3v) is 3.88. The molecule has 1 heterocycles. The SMILES string of the molecule is CNC(c1cnccc1C)c1ccccc1I. The predicted octanol–water partition coefficient (Wildman–Crippen LogP) is 3.30. The maximum Gasteiger partial charge on any atom is 0.0602 e. The van der Waals surface area contributed by atoms with Crippen LogP contribution in [-0.2, 0) is 0 Å². The first-order chi connectivity index (χ1) is 8.24. The number of hydrogen-bond acceptors (Lipinski definition) is 2. The lowest BCUT2D eigenvalue weighted by Crippen LogP contribution is -2.19. The van der Waals surface area contributed by atoms with Crippen LogP contribution in [0.4, 0.5) is 0 Å². The zero-order chi connectivity index (χ0) is 12.3. The summed E-state index contributed by atoms with van der Waals surface area (Å²) in [5, 5.41) is 3.37. The van der Waals surface area contributed by atoms with Crippen molar-refractivity contribution in [2.24, 2.45) is 0 Å². The Morgan fingerprint density at radius 3 is 2.59 bits per heavy atom. The van der Waals surface area contributed by atoms with Gasteiger partial charge in [0.2, 0.25) is 0 Å². The van der Waals surface area contributed by atoms with E-state index in [1.54, 1.807) is 0 Å². The molecule has 1 atom stereocenters. The van der Waals surface area contributed by atoms with Crippen LogP contribution >= 0.6 is 22.6 Å². The molecule has 0 aliphatic rings. The highest BCUT2D eigenvalue weighted by Gasteiger charge is 2.16. The first-order valence-corrected chi connectivity index (χ1v) is 6.64. The van der Waals surface area contributed by atoms with Gasteiger partial charge in [0.1, 0.15) is 0 Å². The van der Waals surface area contributed by atoms with E-state index in [4.69, 9.17) is 0 Å². The molecule has 2 aromatic rings. The number of halogens is 1. The number of pyridine rings is 1. The third-order valence-electron chi connectivity index (χ3n) is 2.90. The molecule has 0 radical (unpaired) electrons. The van der Waals surface area contributed by atoms with Crippen molar-refractivity contribution in [1.29, 1.82) is 0 Å². The third kappa shape index (κ3) is 2.66. The molecule has 0 fully saturated rings. The number of nitrogens with zero attached hydrogens (tertiary/aromatic N) is 1. The normalized spacial score (nSPS) is 12.4. The van der Waals surface area contributed by atoms with E-state index in [0.29, 0.717) is 0 Å². The van der Waals surface area contributed by atoms with Gasteiger partial charge in [-0.2, -0.15) is 0 Å². The highest BCUT2D eigenvalue weighted by atomic mass is 127. The molecule has 88 valence electrons. The van der Waals surface area contributed by atoms with E-state index in [2.05, 4.69) is 70.1 Å². The molecule has 2 rings (SSSR count). The van der Waals surface area contributed by atoms with Crippen molar-refractivity contribution >= 4 is 22.6 Å². The van der Waals surface area contributed by atoms with Crippen LogP contribution in [-0.4, -0.2) is 12.0 Å². The Hall–Kier alpha value is -0.940. The Labute approximate surface area is 116 Å². The predicted molar refractivity (Wildman–Crippen MR) is 79.0 cm³/mol. The molecule has 1 N–H and O–H groups in total. The monoisotopic (exact) mass is 338 g/mol. The van der Waals surface area contributed by atoms with Crippen LogP contribution in [0.5, 0.6) is 0 Å². The largest absolute Gasteiger partial charge is 0.309 e. The molecule has 1 aromatic heterocycles. The van der Waals surface area contributed by atoms with Gasteiger partial charge in [-0.05, 0) is 65.4 Å². The molecule has 0 amide bonds. The molecule has 0 spiro atoms. The number of nitrogens with one attached hydrogen (secondary N) is 1. The Morgan fingerprint density at radius 2 is 1.94 bits per heavy atom. The number of aromatic nitrogens is 1. The Morgan fingerprint density at radius 1 is 1.18 bits per heavy atom. The molecule has 0 saturated carbocycles. The first-order valence-electron chi connectivity index (χ1n) is 5.56. The minimum Gasteiger partial charge on any atom is -0.309 e. The van der Waals surface area contributed by atoms with Gasteiger partial charge in [-0.3, -0.25) is 4.98 Å². The standard InChI is InChI=1S/C14H15IN2/c1-10-7-8-17-9-12(10)14(16-2)11-5-3-4-6-13(11)15/h3-9,14,16H,1-2H3. The molecular formula is C14H15IN2. The summed E-state index contributed by atoms with van der Waals surface area (Å²) in [7, 11) is 1.99. The van der Waals surface area contributed by atoms with Crippen LogP contribution in [0, 0.1) is 10.5 Å². The van der Waals surface area contributed by atoms with Crippen LogP contribution in [0.1, 0.15) is 22.7 Å². The molecule has 1 aromatic carbocycles. The van der Waals surface area contributed by atoms with Gasteiger partial charge in [-0.25, -0.2) is 0 Å². The van der Waals surface area contributed by atoms with E-state index in [9.17, 15) is 0 Å². The summed E-state index contributed by atoms with van der Waals surface area (Å²) in [4.78, 5) is 4.23. The Kier molecular flexibility index (Phi) is 4.12. The summed E-state index contributed by atoms with van der Waals surface area (Å²) in [5.41, 5.74) is 3.80. The Bertz CT molecular complexity index is 466. The van der Waals surface area contributed by atoms with E-state index in [0.717, 1.165) is 0 Å². The second-order valence-electron chi connectivity index (χ2n) is 3.98. The van der Waals surface area contributed by atoms with Crippen LogP contribution < -0.4 is 5.32 Å². The lowest BCUT2D eigenvalue weighted by molar-refractivity contribution is 0.681. The zero-order valence-corrected chi connectivity index (χ0v) is 12.1. The highest BCUT2D eigenvalue weighted by molar-refractivity contribution is 14.1. The van der Waals surface area contributed by atoms with Gasteiger partial charge in [0.05, 0.1) is 6.04 Å². The van der Waals surface area contributed by atoms with Crippen molar-refractivity contribution in [1.82, 2.24) is 10.3 Å². The van der Waals surface area contributed by atoms with E-state index in [1.165, 1.54) is 20.3 Å². The average Bonchev–Trinajstić information content (AvgIpc) is 2.34. The van der Waals surface area contributed by atoms with Crippen LogP contribution in [0.25, 0.3) is 0 Å². The van der Waals surface area contributed by atoms with Crippen LogP contribution in [0.3, 0.4) is 0 Å². The number of aryl methyl sites for hydroxylation is 1. The molecule has 2 nitrogen and oxygen atoms in total. The molecule has 0 saturated heterocycles. The van der Waals surface area contributed by atoms with Crippen molar-refractivity contribution in [3.05, 3.63) is 63.0 Å². The second kappa shape index (κ2) is 5.60. The summed E-state index contributed by atoms with van der Waals surface area (Å²) < 4.78 is 1.27. The van der Waals surface area contributed by atoms with Crippen molar-refractivity contribution in [2.45, 2.75) is 13.0 Å². The van der Waals surface area contributed by atoms with Gasteiger partial charge in [0, 0.05) is 16.0 Å². The van der Waals surface area contributed by atoms with Crippen LogP contribution in [0.15, 0.2) is 42.7 Å². The first kappa shape index (κ1) is 12.5. The number of benzene rings is 1. The lowest BCUT2D eigenvalue weighted by Gasteiger charge is -2.20. The van der Waals surface area contributed by atoms with Gasteiger partial charge < -0.3 is 5.32 Å². The summed E-state index contributed by atoms with van der Waals surface area (Å²) in [5.74, 6) is 0. The highest BCUT2D eigenvalue weighted by Crippen LogP contribution is 2.27. The summed E-state index contributed by atoms with van der Waals surface area (Å²) in [6.45, 7) is 2.12. The fraction of sp³-hybridized carbons (Fsp3) is 0.214. The molecule has 1 unspecified atom stereocenters. The molecule has 0 bridgehead atoms. The quantitative estimate of drug-likeness (QED) is 0.869. The van der Waals surface area contributed by atoms with Gasteiger partial charge in [0.25, 0.3) is 0 Å². The summed E-state index contributed by atoms with van der Waals surface area (Å²) in [6, 6.07) is 10.7. The zero-order valence-electron chi connectivity index (χ0n) is 9.94. The molecule has 17 heavy (non-hydrogen) atoms. The van der Waals surface area contributed by atoms with Crippen molar-refractivity contribution < 1.29 is 0 Å². The Balaban J connectivity index is 2.48. The van der Waals surface area contributed by atoms with Crippen molar-refractivity contribution in [3.8, 4) is 0 Å². The van der Waals surface area contributed by atoms with E-state index in [-0.39, 0.29) is 6.04 Å². The van der Waals surface area contributed by atoms with Gasteiger partial charge in [-0.15, -0.1) is 0 Å².